The van der Waals surface area contributed by atoms with Crippen molar-refractivity contribution < 1.29 is 14.3 Å². The van der Waals surface area contributed by atoms with Crippen LogP contribution >= 0.6 is 22.6 Å². The molecule has 0 amide bonds. The first kappa shape index (κ1) is 14.6. The lowest BCUT2D eigenvalue weighted by molar-refractivity contribution is 0.0473. The molecule has 0 aromatic heterocycles. The molecule has 2 rings (SSSR count). The van der Waals surface area contributed by atoms with Gasteiger partial charge in [0.15, 0.2) is 0 Å². The molecule has 2 N–H and O–H groups in total. The van der Waals surface area contributed by atoms with Crippen molar-refractivity contribution in [3.8, 4) is 5.75 Å². The van der Waals surface area contributed by atoms with Crippen LogP contribution in [0.2, 0.25) is 0 Å². The third kappa shape index (κ3) is 3.63. The Morgan fingerprint density at radius 2 is 1.90 bits per heavy atom. The predicted molar refractivity (Wildman–Crippen MR) is 85.7 cm³/mol. The molecular formula is C15H14INO3. The Hall–Kier alpha value is -1.76. The van der Waals surface area contributed by atoms with Crippen molar-refractivity contribution >= 4 is 34.2 Å². The minimum Gasteiger partial charge on any atom is -0.497 e. The van der Waals surface area contributed by atoms with Gasteiger partial charge >= 0.3 is 5.97 Å². The summed E-state index contributed by atoms with van der Waals surface area (Å²) in [4.78, 5) is 12.0. The molecule has 0 aliphatic heterocycles. The molecule has 0 fully saturated rings. The Morgan fingerprint density at radius 1 is 1.20 bits per heavy atom. The Morgan fingerprint density at radius 3 is 2.55 bits per heavy atom. The molecule has 0 aliphatic carbocycles. The second kappa shape index (κ2) is 6.60. The van der Waals surface area contributed by atoms with Crippen LogP contribution in [0, 0.1) is 3.57 Å². The minimum atomic E-state index is -0.458. The van der Waals surface area contributed by atoms with E-state index in [1.807, 2.05) is 24.3 Å². The van der Waals surface area contributed by atoms with Crippen molar-refractivity contribution in [2.75, 3.05) is 12.8 Å². The number of carbonyl (C=O) groups is 1. The molecule has 0 heterocycles. The molecule has 0 radical (unpaired) electrons. The van der Waals surface area contributed by atoms with Crippen LogP contribution in [0.4, 0.5) is 5.69 Å². The van der Waals surface area contributed by atoms with Crippen LogP contribution in [0.15, 0.2) is 42.5 Å². The first-order valence-corrected chi connectivity index (χ1v) is 7.03. The van der Waals surface area contributed by atoms with Crippen LogP contribution in [0.5, 0.6) is 5.75 Å². The van der Waals surface area contributed by atoms with Gasteiger partial charge < -0.3 is 15.2 Å². The molecule has 20 heavy (non-hydrogen) atoms. The number of nitrogen functional groups attached to an aromatic ring is 1. The summed E-state index contributed by atoms with van der Waals surface area (Å²) in [5.74, 6) is 0.111. The highest BCUT2D eigenvalue weighted by Gasteiger charge is 2.12. The summed E-state index contributed by atoms with van der Waals surface area (Å²) in [7, 11) is 1.53. The zero-order valence-corrected chi connectivity index (χ0v) is 13.1. The van der Waals surface area contributed by atoms with Crippen molar-refractivity contribution in [3.63, 3.8) is 0 Å². The average Bonchev–Trinajstić information content (AvgIpc) is 2.47. The van der Waals surface area contributed by atoms with Gasteiger partial charge in [0.1, 0.15) is 12.4 Å². The molecular weight excluding hydrogens is 369 g/mol. The van der Waals surface area contributed by atoms with Gasteiger partial charge in [-0.1, -0.05) is 12.1 Å². The van der Waals surface area contributed by atoms with Gasteiger partial charge in [-0.15, -0.1) is 0 Å². The smallest absolute Gasteiger partial charge is 0.340 e. The number of hydrogen-bond acceptors (Lipinski definition) is 4. The second-order valence-electron chi connectivity index (χ2n) is 4.16. The number of ether oxygens (including phenoxy) is 2. The molecule has 2 aromatic rings. The molecule has 0 spiro atoms. The van der Waals surface area contributed by atoms with E-state index < -0.39 is 5.97 Å². The molecule has 4 nitrogen and oxygen atoms in total. The number of anilines is 1. The van der Waals surface area contributed by atoms with Gasteiger partial charge in [-0.05, 0) is 58.5 Å². The van der Waals surface area contributed by atoms with Crippen LogP contribution in [-0.4, -0.2) is 13.1 Å². The molecule has 0 saturated heterocycles. The summed E-state index contributed by atoms with van der Waals surface area (Å²) in [6, 6.07) is 12.7. The average molecular weight is 383 g/mol. The maximum atomic E-state index is 12.0. The second-order valence-corrected chi connectivity index (χ2v) is 5.40. The maximum Gasteiger partial charge on any atom is 0.340 e. The number of esters is 1. The fraction of sp³-hybridized carbons (Fsp3) is 0.133. The van der Waals surface area contributed by atoms with E-state index in [0.29, 0.717) is 17.0 Å². The van der Waals surface area contributed by atoms with E-state index in [1.54, 1.807) is 18.2 Å². The van der Waals surface area contributed by atoms with Crippen molar-refractivity contribution in [1.82, 2.24) is 0 Å². The highest BCUT2D eigenvalue weighted by molar-refractivity contribution is 14.1. The molecule has 0 unspecified atom stereocenters. The normalized spacial score (nSPS) is 10.1. The zero-order valence-electron chi connectivity index (χ0n) is 10.9. The van der Waals surface area contributed by atoms with Crippen LogP contribution < -0.4 is 10.5 Å². The summed E-state index contributed by atoms with van der Waals surface area (Å²) >= 11 is 2.22. The molecule has 104 valence electrons. The fourth-order valence-electron chi connectivity index (χ4n) is 1.65. The lowest BCUT2D eigenvalue weighted by Crippen LogP contribution is -2.08. The molecule has 0 atom stereocenters. The van der Waals surface area contributed by atoms with Crippen molar-refractivity contribution in [2.45, 2.75) is 6.61 Å². The molecule has 5 heteroatoms. The first-order chi connectivity index (χ1) is 9.60. The van der Waals surface area contributed by atoms with E-state index in [-0.39, 0.29) is 6.61 Å². The minimum absolute atomic E-state index is 0.215. The van der Waals surface area contributed by atoms with Crippen LogP contribution in [0.25, 0.3) is 0 Å². The molecule has 0 saturated carbocycles. The lowest BCUT2D eigenvalue weighted by Gasteiger charge is -2.09. The molecule has 0 bridgehead atoms. The predicted octanol–water partition coefficient (Wildman–Crippen LogP) is 3.24. The summed E-state index contributed by atoms with van der Waals surface area (Å²) in [5.41, 5.74) is 7.40. The largest absolute Gasteiger partial charge is 0.497 e. The fourth-order valence-corrected chi connectivity index (χ4v) is 2.01. The quantitative estimate of drug-likeness (QED) is 0.500. The number of hydrogen-bond donors (Lipinski definition) is 1. The van der Waals surface area contributed by atoms with Crippen molar-refractivity contribution in [1.29, 1.82) is 0 Å². The Labute approximate surface area is 131 Å². The van der Waals surface area contributed by atoms with Gasteiger partial charge in [0.05, 0.1) is 12.7 Å². The lowest BCUT2D eigenvalue weighted by atomic mass is 10.1. The van der Waals surface area contributed by atoms with Gasteiger partial charge in [0, 0.05) is 9.26 Å². The molecule has 0 aliphatic rings. The number of methoxy groups -OCH3 is 1. The maximum absolute atomic E-state index is 12.0. The summed E-state index contributed by atoms with van der Waals surface area (Å²) in [6.07, 6.45) is 0. The molecule has 2 aromatic carbocycles. The van der Waals surface area contributed by atoms with E-state index in [2.05, 4.69) is 22.6 Å². The summed E-state index contributed by atoms with van der Waals surface area (Å²) < 4.78 is 11.5. The van der Waals surface area contributed by atoms with Gasteiger partial charge in [-0.25, -0.2) is 4.79 Å². The third-order valence-electron chi connectivity index (χ3n) is 2.76. The van der Waals surface area contributed by atoms with Gasteiger partial charge in [0.2, 0.25) is 0 Å². The standard InChI is InChI=1S/C15H14INO3/c1-19-12-6-7-14(17)13(8-12)15(18)20-9-10-2-4-11(16)5-3-10/h2-8H,9,17H2,1H3. The number of rotatable bonds is 4. The summed E-state index contributed by atoms with van der Waals surface area (Å²) in [6.45, 7) is 0.215. The van der Waals surface area contributed by atoms with Crippen LogP contribution in [0.1, 0.15) is 15.9 Å². The van der Waals surface area contributed by atoms with E-state index in [9.17, 15) is 4.79 Å². The topological polar surface area (TPSA) is 61.5 Å². The summed E-state index contributed by atoms with van der Waals surface area (Å²) in [5, 5.41) is 0. The van der Waals surface area contributed by atoms with E-state index in [1.165, 1.54) is 7.11 Å². The number of nitrogens with two attached hydrogens (primary N) is 1. The monoisotopic (exact) mass is 383 g/mol. The van der Waals surface area contributed by atoms with Gasteiger partial charge in [0.25, 0.3) is 0 Å². The first-order valence-electron chi connectivity index (χ1n) is 5.95. The van der Waals surface area contributed by atoms with Crippen LogP contribution in [-0.2, 0) is 11.3 Å². The zero-order chi connectivity index (χ0) is 14.5. The third-order valence-corrected chi connectivity index (χ3v) is 3.48. The highest BCUT2D eigenvalue weighted by atomic mass is 127. The number of carbonyl (C=O) groups excluding carboxylic acids is 1. The van der Waals surface area contributed by atoms with E-state index in [0.717, 1.165) is 9.13 Å². The Balaban J connectivity index is 2.06. The van der Waals surface area contributed by atoms with Gasteiger partial charge in [-0.3, -0.25) is 0 Å². The van der Waals surface area contributed by atoms with E-state index in [4.69, 9.17) is 15.2 Å². The van der Waals surface area contributed by atoms with Gasteiger partial charge in [-0.2, -0.15) is 0 Å². The van der Waals surface area contributed by atoms with Crippen molar-refractivity contribution in [2.24, 2.45) is 0 Å². The Bertz CT molecular complexity index is 611. The highest BCUT2D eigenvalue weighted by Crippen LogP contribution is 2.20. The SMILES string of the molecule is COc1ccc(N)c(C(=O)OCc2ccc(I)cc2)c1. The Kier molecular flexibility index (Phi) is 4.84. The number of halogens is 1. The van der Waals surface area contributed by atoms with Crippen LogP contribution in [0.3, 0.4) is 0 Å². The number of benzene rings is 2. The van der Waals surface area contributed by atoms with Crippen molar-refractivity contribution in [3.05, 3.63) is 57.2 Å². The van der Waals surface area contributed by atoms with E-state index >= 15 is 0 Å².